The molecule has 0 saturated heterocycles. The van der Waals surface area contributed by atoms with Gasteiger partial charge in [0.05, 0.1) is 11.6 Å². The van der Waals surface area contributed by atoms with Crippen molar-refractivity contribution in [3.63, 3.8) is 0 Å². The molecular formula is C14H9BrF5N. The Labute approximate surface area is 125 Å². The summed E-state index contributed by atoms with van der Waals surface area (Å²) in [5.41, 5.74) is 5.07. The average Bonchev–Trinajstić information content (AvgIpc) is 2.36. The van der Waals surface area contributed by atoms with Gasteiger partial charge in [0.2, 0.25) is 0 Å². The molecule has 0 bridgehead atoms. The van der Waals surface area contributed by atoms with Gasteiger partial charge in [-0.2, -0.15) is 13.2 Å². The van der Waals surface area contributed by atoms with Crippen LogP contribution in [-0.2, 0) is 6.18 Å². The van der Waals surface area contributed by atoms with Gasteiger partial charge in [-0.1, -0.05) is 22.0 Å². The quantitative estimate of drug-likeness (QED) is 0.760. The lowest BCUT2D eigenvalue weighted by molar-refractivity contribution is -0.138. The van der Waals surface area contributed by atoms with Gasteiger partial charge in [0.1, 0.15) is 11.6 Å². The van der Waals surface area contributed by atoms with Crippen LogP contribution in [0, 0.1) is 11.6 Å². The summed E-state index contributed by atoms with van der Waals surface area (Å²) in [5.74, 6) is -1.68. The first-order chi connectivity index (χ1) is 9.68. The Morgan fingerprint density at radius 3 is 2.00 bits per heavy atom. The topological polar surface area (TPSA) is 26.0 Å². The zero-order valence-corrected chi connectivity index (χ0v) is 12.0. The van der Waals surface area contributed by atoms with Crippen LogP contribution in [0.1, 0.15) is 22.7 Å². The van der Waals surface area contributed by atoms with Gasteiger partial charge in [-0.3, -0.25) is 0 Å². The van der Waals surface area contributed by atoms with Gasteiger partial charge in [-0.25, -0.2) is 8.78 Å². The number of benzene rings is 2. The molecule has 0 heterocycles. The van der Waals surface area contributed by atoms with E-state index in [-0.39, 0.29) is 15.6 Å². The molecule has 2 aromatic carbocycles. The fourth-order valence-electron chi connectivity index (χ4n) is 1.90. The molecule has 0 spiro atoms. The molecule has 0 aliphatic rings. The molecule has 21 heavy (non-hydrogen) atoms. The van der Waals surface area contributed by atoms with Crippen molar-refractivity contribution in [3.05, 3.63) is 69.2 Å². The highest BCUT2D eigenvalue weighted by Gasteiger charge is 2.33. The summed E-state index contributed by atoms with van der Waals surface area (Å²) in [6, 6.07) is 5.01. The highest BCUT2D eigenvalue weighted by molar-refractivity contribution is 9.10. The lowest BCUT2D eigenvalue weighted by atomic mass is 9.97. The summed E-state index contributed by atoms with van der Waals surface area (Å²) in [7, 11) is 0. The van der Waals surface area contributed by atoms with Crippen molar-refractivity contribution in [2.75, 3.05) is 0 Å². The molecule has 2 N–H and O–H groups in total. The Bertz CT molecular complexity index is 649. The zero-order chi connectivity index (χ0) is 15.8. The van der Waals surface area contributed by atoms with Crippen LogP contribution in [0.5, 0.6) is 0 Å². The van der Waals surface area contributed by atoms with Crippen molar-refractivity contribution in [1.29, 1.82) is 0 Å². The number of alkyl halides is 3. The third-order valence-corrected chi connectivity index (χ3v) is 3.59. The lowest BCUT2D eigenvalue weighted by Crippen LogP contribution is -2.14. The molecule has 2 rings (SSSR count). The third-order valence-electron chi connectivity index (χ3n) is 2.90. The summed E-state index contributed by atoms with van der Waals surface area (Å²) < 4.78 is 64.7. The Balaban J connectivity index is 2.46. The molecule has 0 saturated carbocycles. The first-order valence-electron chi connectivity index (χ1n) is 5.76. The van der Waals surface area contributed by atoms with Crippen LogP contribution < -0.4 is 5.73 Å². The fourth-order valence-corrected chi connectivity index (χ4v) is 2.37. The number of hydrogen-bond donors (Lipinski definition) is 1. The van der Waals surface area contributed by atoms with Gasteiger partial charge >= 0.3 is 6.18 Å². The van der Waals surface area contributed by atoms with Crippen molar-refractivity contribution < 1.29 is 22.0 Å². The second-order valence-corrected chi connectivity index (χ2v) is 5.27. The minimum Gasteiger partial charge on any atom is -0.320 e. The van der Waals surface area contributed by atoms with Gasteiger partial charge in [-0.15, -0.1) is 0 Å². The van der Waals surface area contributed by atoms with Crippen LogP contribution >= 0.6 is 15.9 Å². The van der Waals surface area contributed by atoms with Crippen LogP contribution in [0.25, 0.3) is 0 Å². The van der Waals surface area contributed by atoms with Gasteiger partial charge in [0, 0.05) is 10.5 Å². The van der Waals surface area contributed by atoms with Gasteiger partial charge in [-0.05, 0) is 35.4 Å². The maximum absolute atomic E-state index is 13.2. The molecule has 1 unspecified atom stereocenters. The average molecular weight is 366 g/mol. The van der Waals surface area contributed by atoms with Crippen molar-refractivity contribution in [2.24, 2.45) is 5.73 Å². The first kappa shape index (κ1) is 15.9. The molecule has 0 amide bonds. The standard InChI is InChI=1S/C14H9BrF5N/c15-12-2-1-7(5-11(12)14(18,19)20)13(21)8-3-9(16)6-10(17)4-8/h1-6,13H,21H2. The van der Waals surface area contributed by atoms with E-state index in [0.29, 0.717) is 6.07 Å². The van der Waals surface area contributed by atoms with Crippen LogP contribution in [0.3, 0.4) is 0 Å². The molecule has 7 heteroatoms. The molecule has 0 fully saturated rings. The van der Waals surface area contributed by atoms with E-state index in [0.717, 1.165) is 18.2 Å². The number of nitrogens with two attached hydrogens (primary N) is 1. The monoisotopic (exact) mass is 365 g/mol. The van der Waals surface area contributed by atoms with Crippen LogP contribution in [-0.4, -0.2) is 0 Å². The van der Waals surface area contributed by atoms with E-state index < -0.39 is 29.4 Å². The van der Waals surface area contributed by atoms with E-state index in [2.05, 4.69) is 15.9 Å². The van der Waals surface area contributed by atoms with Gasteiger partial charge < -0.3 is 5.73 Å². The maximum atomic E-state index is 13.2. The molecular weight excluding hydrogens is 357 g/mol. The summed E-state index contributed by atoms with van der Waals surface area (Å²) in [6.45, 7) is 0. The van der Waals surface area contributed by atoms with Crippen molar-refractivity contribution >= 4 is 15.9 Å². The minimum absolute atomic E-state index is 0.0583. The summed E-state index contributed by atoms with van der Waals surface area (Å²) in [6.07, 6.45) is -4.55. The highest BCUT2D eigenvalue weighted by Crippen LogP contribution is 2.36. The summed E-state index contributed by atoms with van der Waals surface area (Å²) in [4.78, 5) is 0. The van der Waals surface area contributed by atoms with E-state index in [1.54, 1.807) is 0 Å². The Morgan fingerprint density at radius 1 is 0.905 bits per heavy atom. The Morgan fingerprint density at radius 2 is 1.48 bits per heavy atom. The molecule has 0 aliphatic heterocycles. The van der Waals surface area contributed by atoms with Crippen molar-refractivity contribution in [3.8, 4) is 0 Å². The molecule has 112 valence electrons. The normalized spacial score (nSPS) is 13.3. The number of halogens is 6. The highest BCUT2D eigenvalue weighted by atomic mass is 79.9. The molecule has 0 radical (unpaired) electrons. The number of rotatable bonds is 2. The summed E-state index contributed by atoms with van der Waals surface area (Å²) >= 11 is 2.81. The predicted molar refractivity (Wildman–Crippen MR) is 71.5 cm³/mol. The smallest absolute Gasteiger partial charge is 0.320 e. The van der Waals surface area contributed by atoms with Crippen LogP contribution in [0.15, 0.2) is 40.9 Å². The van der Waals surface area contributed by atoms with Crippen molar-refractivity contribution in [1.82, 2.24) is 0 Å². The van der Waals surface area contributed by atoms with E-state index in [4.69, 9.17) is 5.73 Å². The Kier molecular flexibility index (Phi) is 4.34. The first-order valence-corrected chi connectivity index (χ1v) is 6.56. The second kappa shape index (κ2) is 5.73. The van der Waals surface area contributed by atoms with E-state index in [9.17, 15) is 22.0 Å². The molecule has 1 atom stereocenters. The molecule has 0 aromatic heterocycles. The van der Waals surface area contributed by atoms with E-state index >= 15 is 0 Å². The largest absolute Gasteiger partial charge is 0.417 e. The third kappa shape index (κ3) is 3.59. The van der Waals surface area contributed by atoms with E-state index in [1.165, 1.54) is 12.1 Å². The molecule has 1 nitrogen and oxygen atoms in total. The van der Waals surface area contributed by atoms with Gasteiger partial charge in [0.15, 0.2) is 0 Å². The molecule has 2 aromatic rings. The SMILES string of the molecule is NC(c1cc(F)cc(F)c1)c1ccc(Br)c(C(F)(F)F)c1. The summed E-state index contributed by atoms with van der Waals surface area (Å²) in [5, 5.41) is 0. The lowest BCUT2D eigenvalue weighted by Gasteiger charge is -2.16. The second-order valence-electron chi connectivity index (χ2n) is 4.42. The van der Waals surface area contributed by atoms with Crippen molar-refractivity contribution in [2.45, 2.75) is 12.2 Å². The van der Waals surface area contributed by atoms with Gasteiger partial charge in [0.25, 0.3) is 0 Å². The number of hydrogen-bond acceptors (Lipinski definition) is 1. The fraction of sp³-hybridized carbons (Fsp3) is 0.143. The predicted octanol–water partition coefficient (Wildman–Crippen LogP) is 4.79. The minimum atomic E-state index is -4.55. The van der Waals surface area contributed by atoms with Crippen LogP contribution in [0.2, 0.25) is 0 Å². The van der Waals surface area contributed by atoms with Crippen LogP contribution in [0.4, 0.5) is 22.0 Å². The molecule has 0 aliphatic carbocycles. The van der Waals surface area contributed by atoms with E-state index in [1.807, 2.05) is 0 Å². The Hall–Kier alpha value is -1.47. The zero-order valence-electron chi connectivity index (χ0n) is 10.4. The maximum Gasteiger partial charge on any atom is 0.417 e.